The van der Waals surface area contributed by atoms with Crippen LogP contribution in [0.25, 0.3) is 5.32 Å². The first kappa shape index (κ1) is 52.1. The molecule has 5 heteroatoms. The molecule has 0 aromatic rings. The van der Waals surface area contributed by atoms with Gasteiger partial charge in [-0.15, -0.1) is 50.3 Å². The van der Waals surface area contributed by atoms with E-state index in [0.717, 1.165) is 13.1 Å². The summed E-state index contributed by atoms with van der Waals surface area (Å²) in [4.78, 5) is 0. The number of halogens is 3. The Kier molecular flexibility index (Phi) is 65.0. The SMILES string of the molecule is CCCCCCCCCCCCCCCCCC[N-]CCCCCCCCCCCCCCCCCC.Cl.Cl.Cl.[Ti]. The molecule has 0 aliphatic rings. The molecule has 0 heterocycles. The molecule has 0 atom stereocenters. The van der Waals surface area contributed by atoms with E-state index in [2.05, 4.69) is 13.8 Å². The monoisotopic (exact) mass is 676 g/mol. The standard InChI is InChI=1S/C36H74N.3ClH.Ti/c1-3-5-7-9-11-13-15-17-19-21-23-25-27-29-31-33-35-37-36-34-32-30-28-26-24-22-20-18-16-14-12-10-8-6-4-2;;;;/h3-36H2,1-2H3;3*1H;/q-1;;;;. The van der Waals surface area contributed by atoms with Crippen LogP contribution in [-0.4, -0.2) is 13.1 Å². The van der Waals surface area contributed by atoms with Gasteiger partial charge in [-0.3, -0.25) is 0 Å². The van der Waals surface area contributed by atoms with Gasteiger partial charge in [0.15, 0.2) is 0 Å². The predicted molar refractivity (Wildman–Crippen MR) is 194 cm³/mol. The van der Waals surface area contributed by atoms with E-state index < -0.39 is 0 Å². The first-order valence-corrected chi connectivity index (χ1v) is 18.0. The third kappa shape index (κ3) is 51.4. The van der Waals surface area contributed by atoms with Gasteiger partial charge in [-0.1, -0.05) is 219 Å². The zero-order valence-electron chi connectivity index (χ0n) is 28.2. The molecule has 41 heavy (non-hydrogen) atoms. The average molecular weight is 678 g/mol. The molecule has 0 aliphatic heterocycles. The van der Waals surface area contributed by atoms with Gasteiger partial charge < -0.3 is 5.32 Å². The molecule has 0 fully saturated rings. The molecule has 0 amide bonds. The van der Waals surface area contributed by atoms with Crippen molar-refractivity contribution in [1.82, 2.24) is 0 Å². The molecular weight excluding hydrogens is 601 g/mol. The number of hydrogen-bond acceptors (Lipinski definition) is 0. The molecule has 252 valence electrons. The maximum Gasteiger partial charge on any atom is 0 e. The fourth-order valence-corrected chi connectivity index (χ4v) is 5.66. The van der Waals surface area contributed by atoms with Crippen LogP contribution in [0.3, 0.4) is 0 Å². The summed E-state index contributed by atoms with van der Waals surface area (Å²) in [7, 11) is 0. The Morgan fingerprint density at radius 2 is 0.390 bits per heavy atom. The normalized spacial score (nSPS) is 10.4. The second kappa shape index (κ2) is 51.1. The predicted octanol–water partition coefficient (Wildman–Crippen LogP) is 15.1. The number of nitrogens with zero attached hydrogens (tertiary/aromatic N) is 1. The maximum atomic E-state index is 4.78. The van der Waals surface area contributed by atoms with Crippen LogP contribution in [0, 0.1) is 0 Å². The second-order valence-electron chi connectivity index (χ2n) is 12.3. The number of unbranched alkanes of at least 4 members (excludes halogenated alkanes) is 30. The Labute approximate surface area is 295 Å². The summed E-state index contributed by atoms with van der Waals surface area (Å²) in [6.07, 6.45) is 46.4. The van der Waals surface area contributed by atoms with Gasteiger partial charge in [-0.2, -0.15) is 0 Å². The van der Waals surface area contributed by atoms with E-state index in [-0.39, 0.29) is 58.9 Å². The number of hydrogen-bond donors (Lipinski definition) is 0. The summed E-state index contributed by atoms with van der Waals surface area (Å²) in [5.74, 6) is 0. The van der Waals surface area contributed by atoms with E-state index in [1.54, 1.807) is 0 Å². The summed E-state index contributed by atoms with van der Waals surface area (Å²) in [5.41, 5.74) is 0. The molecule has 0 saturated carbocycles. The van der Waals surface area contributed by atoms with Gasteiger partial charge in [0, 0.05) is 21.7 Å². The molecule has 0 aromatic carbocycles. The topological polar surface area (TPSA) is 14.1 Å². The Balaban J connectivity index is -0.00000108. The molecule has 0 aromatic heterocycles. The molecule has 0 spiro atoms. The Morgan fingerprint density at radius 1 is 0.244 bits per heavy atom. The van der Waals surface area contributed by atoms with E-state index in [0.29, 0.717) is 0 Å². The Bertz CT molecular complexity index is 354. The van der Waals surface area contributed by atoms with Crippen molar-refractivity contribution in [2.45, 2.75) is 219 Å². The van der Waals surface area contributed by atoms with Gasteiger partial charge in [0.1, 0.15) is 0 Å². The van der Waals surface area contributed by atoms with Gasteiger partial charge in [-0.05, 0) is 0 Å². The van der Waals surface area contributed by atoms with Crippen molar-refractivity contribution in [3.8, 4) is 0 Å². The van der Waals surface area contributed by atoms with E-state index >= 15 is 0 Å². The van der Waals surface area contributed by atoms with Crippen LogP contribution >= 0.6 is 37.2 Å². The fraction of sp³-hybridized carbons (Fsp3) is 1.00. The molecule has 0 rings (SSSR count). The zero-order chi connectivity index (χ0) is 26.7. The van der Waals surface area contributed by atoms with Crippen LogP contribution in [0.1, 0.15) is 219 Å². The fourth-order valence-electron chi connectivity index (χ4n) is 5.66. The summed E-state index contributed by atoms with van der Waals surface area (Å²) in [6, 6.07) is 0. The molecule has 1 nitrogen and oxygen atoms in total. The van der Waals surface area contributed by atoms with Gasteiger partial charge in [0.25, 0.3) is 0 Å². The van der Waals surface area contributed by atoms with E-state index in [1.165, 1.54) is 205 Å². The summed E-state index contributed by atoms with van der Waals surface area (Å²) >= 11 is 0. The van der Waals surface area contributed by atoms with Crippen molar-refractivity contribution in [3.63, 3.8) is 0 Å². The minimum atomic E-state index is 0. The smallest absolute Gasteiger partial charge is 0 e. The van der Waals surface area contributed by atoms with Crippen LogP contribution in [-0.2, 0) is 21.7 Å². The number of rotatable bonds is 34. The van der Waals surface area contributed by atoms with E-state index in [4.69, 9.17) is 5.32 Å². The Hall–Kier alpha value is 1.54. The minimum absolute atomic E-state index is 0. The van der Waals surface area contributed by atoms with E-state index in [1.807, 2.05) is 0 Å². The maximum absolute atomic E-state index is 4.78. The minimum Gasteiger partial charge on any atom is -0.662 e. The van der Waals surface area contributed by atoms with Crippen molar-refractivity contribution < 1.29 is 21.7 Å². The van der Waals surface area contributed by atoms with Crippen molar-refractivity contribution >= 4 is 37.2 Å². The molecule has 0 radical (unpaired) electrons. The first-order valence-electron chi connectivity index (χ1n) is 18.0. The van der Waals surface area contributed by atoms with Crippen LogP contribution < -0.4 is 0 Å². The average Bonchev–Trinajstić information content (AvgIpc) is 2.91. The first-order chi connectivity index (χ1) is 18.4. The largest absolute Gasteiger partial charge is 0.662 e. The van der Waals surface area contributed by atoms with Crippen LogP contribution in [0.5, 0.6) is 0 Å². The second-order valence-corrected chi connectivity index (χ2v) is 12.3. The van der Waals surface area contributed by atoms with Gasteiger partial charge in [0.05, 0.1) is 0 Å². The molecule has 0 aliphatic carbocycles. The molecular formula is C36H77Cl3NTi-. The molecule has 0 bridgehead atoms. The summed E-state index contributed by atoms with van der Waals surface area (Å²) in [5, 5.41) is 4.78. The Morgan fingerprint density at radius 3 is 0.561 bits per heavy atom. The van der Waals surface area contributed by atoms with Crippen LogP contribution in [0.4, 0.5) is 0 Å². The van der Waals surface area contributed by atoms with Crippen molar-refractivity contribution in [2.75, 3.05) is 13.1 Å². The quantitative estimate of drug-likeness (QED) is 0.0475. The zero-order valence-corrected chi connectivity index (χ0v) is 32.2. The van der Waals surface area contributed by atoms with Crippen molar-refractivity contribution in [2.24, 2.45) is 0 Å². The van der Waals surface area contributed by atoms with Gasteiger partial charge in [0.2, 0.25) is 0 Å². The molecule has 0 N–H and O–H groups in total. The van der Waals surface area contributed by atoms with Gasteiger partial charge in [-0.25, -0.2) is 0 Å². The van der Waals surface area contributed by atoms with Crippen LogP contribution in [0.15, 0.2) is 0 Å². The molecule has 0 unspecified atom stereocenters. The van der Waals surface area contributed by atoms with Crippen molar-refractivity contribution in [1.29, 1.82) is 0 Å². The molecule has 0 saturated heterocycles. The third-order valence-electron chi connectivity index (χ3n) is 8.34. The van der Waals surface area contributed by atoms with Crippen LogP contribution in [0.2, 0.25) is 0 Å². The summed E-state index contributed by atoms with van der Waals surface area (Å²) < 4.78 is 0. The van der Waals surface area contributed by atoms with E-state index in [9.17, 15) is 0 Å². The van der Waals surface area contributed by atoms with Crippen molar-refractivity contribution in [3.05, 3.63) is 5.32 Å². The third-order valence-corrected chi connectivity index (χ3v) is 8.34. The summed E-state index contributed by atoms with van der Waals surface area (Å²) in [6.45, 7) is 6.85. The van der Waals surface area contributed by atoms with Gasteiger partial charge >= 0.3 is 0 Å².